The van der Waals surface area contributed by atoms with Gasteiger partial charge in [0, 0.05) is 23.5 Å². The summed E-state index contributed by atoms with van der Waals surface area (Å²) in [6.07, 6.45) is 1.56. The van der Waals surface area contributed by atoms with Crippen molar-refractivity contribution in [1.29, 1.82) is 0 Å². The molecule has 0 unspecified atom stereocenters. The van der Waals surface area contributed by atoms with Gasteiger partial charge in [-0.2, -0.15) is 0 Å². The van der Waals surface area contributed by atoms with Crippen molar-refractivity contribution >= 4 is 22.7 Å². The third-order valence-electron chi connectivity index (χ3n) is 4.55. The van der Waals surface area contributed by atoms with Crippen molar-refractivity contribution in [3.05, 3.63) is 35.5 Å². The summed E-state index contributed by atoms with van der Waals surface area (Å²) in [6.45, 7) is 4.44. The summed E-state index contributed by atoms with van der Waals surface area (Å²) >= 11 is 0. The van der Waals surface area contributed by atoms with E-state index in [0.717, 1.165) is 29.3 Å². The molecule has 1 fully saturated rings. The standard InChI is InChI=1S/C17H21N3O2/c1-10-3-5-12-8-15(19-14(12)7-10)17(22)20-9-13(16(18)21)6-4-11(20)2/h3,5,7-8,11,13,19H,4,6,9H2,1-2H3,(H2,18,21)/t11-,13+/m0/s1. The van der Waals surface area contributed by atoms with E-state index in [1.165, 1.54) is 0 Å². The van der Waals surface area contributed by atoms with Gasteiger partial charge in [-0.25, -0.2) is 0 Å². The summed E-state index contributed by atoms with van der Waals surface area (Å²) in [5, 5.41) is 1.02. The maximum Gasteiger partial charge on any atom is 0.270 e. The van der Waals surface area contributed by atoms with Gasteiger partial charge < -0.3 is 15.6 Å². The number of aryl methyl sites for hydroxylation is 1. The lowest BCUT2D eigenvalue weighted by Gasteiger charge is -2.36. The monoisotopic (exact) mass is 299 g/mol. The van der Waals surface area contributed by atoms with Crippen LogP contribution in [0.5, 0.6) is 0 Å². The molecule has 1 aliphatic rings. The smallest absolute Gasteiger partial charge is 0.270 e. The molecule has 5 nitrogen and oxygen atoms in total. The number of nitrogens with zero attached hydrogens (tertiary/aromatic N) is 1. The van der Waals surface area contributed by atoms with Crippen LogP contribution >= 0.6 is 0 Å². The fraction of sp³-hybridized carbons (Fsp3) is 0.412. The topological polar surface area (TPSA) is 79.2 Å². The second kappa shape index (κ2) is 5.48. The predicted octanol–water partition coefficient (Wildman–Crippen LogP) is 2.20. The lowest BCUT2D eigenvalue weighted by Crippen LogP contribution is -2.48. The first-order valence-corrected chi connectivity index (χ1v) is 7.65. The molecular weight excluding hydrogens is 278 g/mol. The van der Waals surface area contributed by atoms with Gasteiger partial charge in [-0.05, 0) is 44.4 Å². The maximum absolute atomic E-state index is 12.8. The lowest BCUT2D eigenvalue weighted by molar-refractivity contribution is -0.123. The van der Waals surface area contributed by atoms with E-state index in [1.54, 1.807) is 4.90 Å². The number of hydrogen-bond donors (Lipinski definition) is 2. The normalized spacial score (nSPS) is 22.0. The average Bonchev–Trinajstić information content (AvgIpc) is 2.89. The van der Waals surface area contributed by atoms with Crippen LogP contribution in [0.3, 0.4) is 0 Å². The minimum Gasteiger partial charge on any atom is -0.369 e. The number of nitrogens with one attached hydrogen (secondary N) is 1. The molecule has 2 amide bonds. The molecule has 1 aromatic carbocycles. The van der Waals surface area contributed by atoms with Crippen molar-refractivity contribution in [3.63, 3.8) is 0 Å². The number of hydrogen-bond acceptors (Lipinski definition) is 2. The number of carbonyl (C=O) groups excluding carboxylic acids is 2. The highest BCUT2D eigenvalue weighted by Gasteiger charge is 2.32. The van der Waals surface area contributed by atoms with Gasteiger partial charge in [0.15, 0.2) is 0 Å². The number of nitrogens with two attached hydrogens (primary N) is 1. The molecule has 116 valence electrons. The molecule has 5 heteroatoms. The van der Waals surface area contributed by atoms with E-state index in [1.807, 2.05) is 38.1 Å². The Morgan fingerprint density at radius 2 is 2.05 bits per heavy atom. The van der Waals surface area contributed by atoms with Gasteiger partial charge in [0.25, 0.3) is 5.91 Å². The van der Waals surface area contributed by atoms with Crippen LogP contribution in [-0.4, -0.2) is 34.3 Å². The lowest BCUT2D eigenvalue weighted by atomic mass is 9.92. The van der Waals surface area contributed by atoms with Crippen LogP contribution in [0.15, 0.2) is 24.3 Å². The van der Waals surface area contributed by atoms with Gasteiger partial charge in [0.1, 0.15) is 5.69 Å². The fourth-order valence-corrected chi connectivity index (χ4v) is 3.13. The highest BCUT2D eigenvalue weighted by Crippen LogP contribution is 2.25. The van der Waals surface area contributed by atoms with Crippen LogP contribution in [0.4, 0.5) is 0 Å². The number of rotatable bonds is 2. The molecule has 2 heterocycles. The summed E-state index contributed by atoms with van der Waals surface area (Å²) < 4.78 is 0. The van der Waals surface area contributed by atoms with Crippen molar-refractivity contribution in [1.82, 2.24) is 9.88 Å². The summed E-state index contributed by atoms with van der Waals surface area (Å²) in [4.78, 5) is 29.1. The van der Waals surface area contributed by atoms with E-state index in [2.05, 4.69) is 4.98 Å². The number of benzene rings is 1. The SMILES string of the molecule is Cc1ccc2cc(C(=O)N3C[C@H](C(N)=O)CC[C@@H]3C)[nH]c2c1. The highest BCUT2D eigenvalue weighted by atomic mass is 16.2. The molecule has 0 radical (unpaired) electrons. The molecule has 1 aromatic heterocycles. The Labute approximate surface area is 129 Å². The summed E-state index contributed by atoms with van der Waals surface area (Å²) in [5.41, 5.74) is 8.08. The number of aromatic nitrogens is 1. The van der Waals surface area contributed by atoms with Gasteiger partial charge in [-0.3, -0.25) is 9.59 Å². The van der Waals surface area contributed by atoms with Crippen molar-refractivity contribution in [2.24, 2.45) is 11.7 Å². The Kier molecular flexibility index (Phi) is 3.64. The minimum atomic E-state index is -0.322. The Hall–Kier alpha value is -2.30. The number of carbonyl (C=O) groups is 2. The van der Waals surface area contributed by atoms with Crippen LogP contribution in [0.25, 0.3) is 10.9 Å². The molecule has 2 aromatic rings. The first-order valence-electron chi connectivity index (χ1n) is 7.65. The molecule has 0 bridgehead atoms. The number of aromatic amines is 1. The van der Waals surface area contributed by atoms with Gasteiger partial charge >= 0.3 is 0 Å². The number of likely N-dealkylation sites (tertiary alicyclic amines) is 1. The number of piperidine rings is 1. The summed E-state index contributed by atoms with van der Waals surface area (Å²) in [6, 6.07) is 8.05. The number of fused-ring (bicyclic) bond motifs is 1. The first-order chi connectivity index (χ1) is 10.5. The van der Waals surface area contributed by atoms with Crippen LogP contribution in [0.1, 0.15) is 35.8 Å². The molecule has 3 N–H and O–H groups in total. The second-order valence-electron chi connectivity index (χ2n) is 6.26. The van der Waals surface area contributed by atoms with Crippen LogP contribution in [0.2, 0.25) is 0 Å². The largest absolute Gasteiger partial charge is 0.369 e. The Balaban J connectivity index is 1.88. The molecule has 3 rings (SSSR count). The van der Waals surface area contributed by atoms with Crippen molar-refractivity contribution in [2.45, 2.75) is 32.7 Å². The zero-order valence-electron chi connectivity index (χ0n) is 12.9. The molecular formula is C17H21N3O2. The minimum absolute atomic E-state index is 0.0627. The van der Waals surface area contributed by atoms with E-state index >= 15 is 0 Å². The van der Waals surface area contributed by atoms with Crippen LogP contribution < -0.4 is 5.73 Å². The Morgan fingerprint density at radius 1 is 1.27 bits per heavy atom. The van der Waals surface area contributed by atoms with Crippen molar-refractivity contribution < 1.29 is 9.59 Å². The van der Waals surface area contributed by atoms with E-state index < -0.39 is 0 Å². The molecule has 0 saturated carbocycles. The first kappa shape index (κ1) is 14.6. The highest BCUT2D eigenvalue weighted by molar-refractivity contribution is 5.98. The van der Waals surface area contributed by atoms with Gasteiger partial charge in [0.05, 0.1) is 5.92 Å². The summed E-state index contributed by atoms with van der Waals surface area (Å²) in [5.74, 6) is -0.629. The van der Waals surface area contributed by atoms with Crippen molar-refractivity contribution in [3.8, 4) is 0 Å². The molecule has 1 aliphatic heterocycles. The van der Waals surface area contributed by atoms with Gasteiger partial charge in [-0.15, -0.1) is 0 Å². The Morgan fingerprint density at radius 3 is 2.77 bits per heavy atom. The van der Waals surface area contributed by atoms with E-state index in [9.17, 15) is 9.59 Å². The van der Waals surface area contributed by atoms with E-state index in [4.69, 9.17) is 5.73 Å². The van der Waals surface area contributed by atoms with Crippen molar-refractivity contribution in [2.75, 3.05) is 6.54 Å². The van der Waals surface area contributed by atoms with E-state index in [-0.39, 0.29) is 23.8 Å². The summed E-state index contributed by atoms with van der Waals surface area (Å²) in [7, 11) is 0. The molecule has 1 saturated heterocycles. The van der Waals surface area contributed by atoms with Crippen LogP contribution in [-0.2, 0) is 4.79 Å². The molecule has 0 spiro atoms. The predicted molar refractivity (Wildman–Crippen MR) is 85.5 cm³/mol. The maximum atomic E-state index is 12.8. The average molecular weight is 299 g/mol. The third-order valence-corrected chi connectivity index (χ3v) is 4.55. The van der Waals surface area contributed by atoms with E-state index in [0.29, 0.717) is 12.2 Å². The number of primary amides is 1. The third kappa shape index (κ3) is 2.58. The number of amides is 2. The van der Waals surface area contributed by atoms with Crippen LogP contribution in [0, 0.1) is 12.8 Å². The number of H-pyrrole nitrogens is 1. The second-order valence-corrected chi connectivity index (χ2v) is 6.26. The Bertz CT molecular complexity index is 735. The zero-order valence-corrected chi connectivity index (χ0v) is 12.9. The fourth-order valence-electron chi connectivity index (χ4n) is 3.13. The molecule has 2 atom stereocenters. The molecule has 0 aliphatic carbocycles. The molecule has 22 heavy (non-hydrogen) atoms. The van der Waals surface area contributed by atoms with Gasteiger partial charge in [0.2, 0.25) is 5.91 Å². The van der Waals surface area contributed by atoms with Gasteiger partial charge in [-0.1, -0.05) is 12.1 Å². The quantitative estimate of drug-likeness (QED) is 0.891. The zero-order chi connectivity index (χ0) is 15.9.